The molecule has 0 unspecified atom stereocenters. The summed E-state index contributed by atoms with van der Waals surface area (Å²) in [4.78, 5) is 12.9. The summed E-state index contributed by atoms with van der Waals surface area (Å²) in [5.74, 6) is 0.283. The van der Waals surface area contributed by atoms with Gasteiger partial charge in [-0.25, -0.2) is 4.79 Å². The monoisotopic (exact) mass is 369 g/mol. The van der Waals surface area contributed by atoms with Crippen LogP contribution in [0.1, 0.15) is 23.0 Å². The molecule has 0 amide bonds. The molecule has 7 heteroatoms. The number of hydrogen-bond acceptors (Lipinski definition) is 5. The van der Waals surface area contributed by atoms with Crippen molar-refractivity contribution in [2.24, 2.45) is 7.05 Å². The van der Waals surface area contributed by atoms with Crippen LogP contribution in [-0.2, 0) is 17.5 Å². The van der Waals surface area contributed by atoms with E-state index in [9.17, 15) is 4.79 Å². The number of ether oxygens (including phenoxy) is 1. The third-order valence-electron chi connectivity index (χ3n) is 2.88. The second kappa shape index (κ2) is 7.00. The van der Waals surface area contributed by atoms with Gasteiger partial charge in [0.25, 0.3) is 0 Å². The average molecular weight is 370 g/mol. The van der Waals surface area contributed by atoms with E-state index in [0.29, 0.717) is 23.6 Å². The maximum atomic E-state index is 11.9. The van der Waals surface area contributed by atoms with Crippen molar-refractivity contribution in [2.75, 3.05) is 12.3 Å². The number of anilines is 1. The zero-order valence-electron chi connectivity index (χ0n) is 11.8. The van der Waals surface area contributed by atoms with Crippen molar-refractivity contribution in [1.29, 1.82) is 0 Å². The van der Waals surface area contributed by atoms with Gasteiger partial charge in [0.15, 0.2) is 0 Å². The summed E-state index contributed by atoms with van der Waals surface area (Å²) >= 11 is 5.09. The van der Waals surface area contributed by atoms with Gasteiger partial charge in [0.1, 0.15) is 5.56 Å². The number of nitrogens with zero attached hydrogens (tertiary/aromatic N) is 2. The number of halogens is 1. The number of esters is 1. The Hall–Kier alpha value is -1.47. The molecular formula is C14H16BrN3O2S. The molecule has 0 saturated carbocycles. The molecule has 0 aliphatic carbocycles. The molecule has 2 aromatic rings. The minimum absolute atomic E-state index is 0.336. The molecule has 0 atom stereocenters. The van der Waals surface area contributed by atoms with Gasteiger partial charge in [-0.3, -0.25) is 4.68 Å². The van der Waals surface area contributed by atoms with Crippen molar-refractivity contribution < 1.29 is 9.53 Å². The first kappa shape index (κ1) is 15.9. The number of aryl methyl sites for hydroxylation is 1. The van der Waals surface area contributed by atoms with Gasteiger partial charge < -0.3 is 10.5 Å². The highest BCUT2D eigenvalue weighted by atomic mass is 79.9. The molecule has 1 aromatic carbocycles. The molecule has 112 valence electrons. The van der Waals surface area contributed by atoms with Gasteiger partial charge in [-0.15, -0.1) is 11.8 Å². The normalized spacial score (nSPS) is 10.6. The van der Waals surface area contributed by atoms with E-state index in [4.69, 9.17) is 10.5 Å². The van der Waals surface area contributed by atoms with Crippen molar-refractivity contribution in [3.63, 3.8) is 0 Å². The third-order valence-corrected chi connectivity index (χ3v) is 4.88. The number of nitrogens with two attached hydrogens (primary N) is 1. The lowest BCUT2D eigenvalue weighted by atomic mass is 10.3. The van der Waals surface area contributed by atoms with Crippen molar-refractivity contribution in [1.82, 2.24) is 9.78 Å². The summed E-state index contributed by atoms with van der Waals surface area (Å²) in [7, 11) is 1.82. The minimum Gasteiger partial charge on any atom is -0.462 e. The Balaban J connectivity index is 2.16. The van der Waals surface area contributed by atoms with E-state index in [-0.39, 0.29) is 5.97 Å². The average Bonchev–Trinajstić information content (AvgIpc) is 2.79. The van der Waals surface area contributed by atoms with E-state index < -0.39 is 0 Å². The van der Waals surface area contributed by atoms with E-state index in [1.807, 2.05) is 25.2 Å². The van der Waals surface area contributed by atoms with Crippen LogP contribution in [0.15, 0.2) is 33.8 Å². The highest BCUT2D eigenvalue weighted by Crippen LogP contribution is 2.32. The first-order chi connectivity index (χ1) is 10.0. The number of carbonyl (C=O) groups is 1. The smallest absolute Gasteiger partial charge is 0.341 e. The Morgan fingerprint density at radius 2 is 2.29 bits per heavy atom. The Labute approximate surface area is 136 Å². The lowest BCUT2D eigenvalue weighted by Crippen LogP contribution is -2.08. The van der Waals surface area contributed by atoms with Crippen LogP contribution in [0.3, 0.4) is 0 Å². The fourth-order valence-electron chi connectivity index (χ4n) is 1.79. The van der Waals surface area contributed by atoms with Gasteiger partial charge in [-0.1, -0.05) is 0 Å². The van der Waals surface area contributed by atoms with Crippen LogP contribution in [-0.4, -0.2) is 22.4 Å². The zero-order valence-corrected chi connectivity index (χ0v) is 14.2. The number of aromatic nitrogens is 2. The van der Waals surface area contributed by atoms with Gasteiger partial charge in [0, 0.05) is 27.9 Å². The van der Waals surface area contributed by atoms with Gasteiger partial charge in [0.2, 0.25) is 0 Å². The Morgan fingerprint density at radius 1 is 1.52 bits per heavy atom. The topological polar surface area (TPSA) is 70.1 Å². The third kappa shape index (κ3) is 3.79. The molecule has 5 nitrogen and oxygen atoms in total. The molecule has 0 saturated heterocycles. The molecular weight excluding hydrogens is 354 g/mol. The molecule has 0 radical (unpaired) electrons. The molecule has 2 rings (SSSR count). The lowest BCUT2D eigenvalue weighted by molar-refractivity contribution is 0.0525. The number of nitrogen functional groups attached to an aromatic ring is 1. The second-order valence-corrected chi connectivity index (χ2v) is 6.20. The molecule has 21 heavy (non-hydrogen) atoms. The minimum atomic E-state index is -0.336. The number of rotatable bonds is 5. The van der Waals surface area contributed by atoms with Crippen molar-refractivity contribution in [3.05, 3.63) is 40.1 Å². The quantitative estimate of drug-likeness (QED) is 0.497. The van der Waals surface area contributed by atoms with E-state index in [1.165, 1.54) is 0 Å². The Bertz CT molecular complexity index is 658. The summed E-state index contributed by atoms with van der Waals surface area (Å²) < 4.78 is 7.68. The summed E-state index contributed by atoms with van der Waals surface area (Å²) in [6, 6.07) is 5.66. The molecule has 0 spiro atoms. The van der Waals surface area contributed by atoms with Gasteiger partial charge >= 0.3 is 5.97 Å². The van der Waals surface area contributed by atoms with Crippen LogP contribution >= 0.6 is 27.7 Å². The van der Waals surface area contributed by atoms with Gasteiger partial charge in [-0.05, 0) is 41.1 Å². The summed E-state index contributed by atoms with van der Waals surface area (Å²) in [5.41, 5.74) is 7.78. The van der Waals surface area contributed by atoms with Crippen molar-refractivity contribution in [3.8, 4) is 0 Å². The molecule has 0 bridgehead atoms. The fourth-order valence-corrected chi connectivity index (χ4v) is 3.53. The molecule has 1 heterocycles. The van der Waals surface area contributed by atoms with Crippen LogP contribution in [0, 0.1) is 0 Å². The second-order valence-electron chi connectivity index (χ2n) is 4.33. The molecule has 0 aliphatic heterocycles. The first-order valence-electron chi connectivity index (χ1n) is 6.38. The number of thioether (sulfide) groups is 1. The largest absolute Gasteiger partial charge is 0.462 e. The highest BCUT2D eigenvalue weighted by Gasteiger charge is 2.17. The highest BCUT2D eigenvalue weighted by molar-refractivity contribution is 9.10. The van der Waals surface area contributed by atoms with E-state index >= 15 is 0 Å². The van der Waals surface area contributed by atoms with Crippen LogP contribution in [0.5, 0.6) is 0 Å². The first-order valence-corrected chi connectivity index (χ1v) is 8.16. The number of carbonyl (C=O) groups excluding carboxylic acids is 1. The van der Waals surface area contributed by atoms with Gasteiger partial charge in [0.05, 0.1) is 18.5 Å². The van der Waals surface area contributed by atoms with Crippen LogP contribution in [0.25, 0.3) is 0 Å². The molecule has 0 aliphatic rings. The van der Waals surface area contributed by atoms with E-state index in [0.717, 1.165) is 15.1 Å². The molecule has 0 fully saturated rings. The zero-order chi connectivity index (χ0) is 15.4. The van der Waals surface area contributed by atoms with Gasteiger partial charge in [-0.2, -0.15) is 5.10 Å². The predicted molar refractivity (Wildman–Crippen MR) is 87.3 cm³/mol. The maximum absolute atomic E-state index is 11.9. The SMILES string of the molecule is CCOC(=O)c1cnn(C)c1CSc1ccc(N)cc1Br. The van der Waals surface area contributed by atoms with Crippen molar-refractivity contribution >= 4 is 39.3 Å². The molecule has 1 aromatic heterocycles. The molecule has 2 N–H and O–H groups in total. The fraction of sp³-hybridized carbons (Fsp3) is 0.286. The standard InChI is InChI=1S/C14H16BrN3O2S/c1-3-20-14(19)10-7-17-18(2)12(10)8-21-13-5-4-9(16)6-11(13)15/h4-7H,3,8,16H2,1-2H3. The van der Waals surface area contributed by atoms with Crippen LogP contribution < -0.4 is 5.73 Å². The Kier molecular flexibility index (Phi) is 5.30. The van der Waals surface area contributed by atoms with Crippen molar-refractivity contribution in [2.45, 2.75) is 17.6 Å². The summed E-state index contributed by atoms with van der Waals surface area (Å²) in [6.07, 6.45) is 1.55. The van der Waals surface area contributed by atoms with Crippen LogP contribution in [0.4, 0.5) is 5.69 Å². The lowest BCUT2D eigenvalue weighted by Gasteiger charge is -2.08. The summed E-state index contributed by atoms with van der Waals surface area (Å²) in [6.45, 7) is 2.14. The van der Waals surface area contributed by atoms with E-state index in [1.54, 1.807) is 29.6 Å². The number of benzene rings is 1. The number of hydrogen-bond donors (Lipinski definition) is 1. The summed E-state index contributed by atoms with van der Waals surface area (Å²) in [5, 5.41) is 4.14. The van der Waals surface area contributed by atoms with E-state index in [2.05, 4.69) is 21.0 Å². The predicted octanol–water partition coefficient (Wildman–Crippen LogP) is 3.23. The van der Waals surface area contributed by atoms with Crippen LogP contribution in [0.2, 0.25) is 0 Å². The Morgan fingerprint density at radius 3 is 2.95 bits per heavy atom. The maximum Gasteiger partial charge on any atom is 0.341 e.